The van der Waals surface area contributed by atoms with Crippen molar-refractivity contribution in [2.75, 3.05) is 13.1 Å². The summed E-state index contributed by atoms with van der Waals surface area (Å²) in [7, 11) is 0. The predicted molar refractivity (Wildman–Crippen MR) is 122 cm³/mol. The van der Waals surface area contributed by atoms with Crippen LogP contribution in [0.15, 0.2) is 4.99 Å². The predicted octanol–water partition coefficient (Wildman–Crippen LogP) is 3.86. The Morgan fingerprint density at radius 3 is 2.67 bits per heavy atom. The number of guanidine groups is 1. The Balaban J connectivity index is 0.00000261. The Morgan fingerprint density at radius 2 is 2.04 bits per heavy atom. The molecule has 1 atom stereocenters. The van der Waals surface area contributed by atoms with Crippen LogP contribution in [0.25, 0.3) is 0 Å². The van der Waals surface area contributed by atoms with Crippen molar-refractivity contribution in [2.24, 2.45) is 10.4 Å². The van der Waals surface area contributed by atoms with Crippen molar-refractivity contribution in [3.05, 3.63) is 11.6 Å². The molecule has 0 aromatic carbocycles. The summed E-state index contributed by atoms with van der Waals surface area (Å²) in [6.45, 7) is 11.5. The fourth-order valence-corrected chi connectivity index (χ4v) is 4.20. The summed E-state index contributed by atoms with van der Waals surface area (Å²) < 4.78 is 2.09. The number of aliphatic imine (C=N–C) groups is 1. The summed E-state index contributed by atoms with van der Waals surface area (Å²) in [6.07, 6.45) is 8.69. The number of aromatic nitrogens is 3. The van der Waals surface area contributed by atoms with Crippen molar-refractivity contribution in [3.63, 3.8) is 0 Å². The number of aryl methyl sites for hydroxylation is 1. The average molecular weight is 488 g/mol. The van der Waals surface area contributed by atoms with Gasteiger partial charge in [-0.2, -0.15) is 5.10 Å². The van der Waals surface area contributed by atoms with Crippen LogP contribution in [0.2, 0.25) is 0 Å². The zero-order valence-corrected chi connectivity index (χ0v) is 19.8. The second kappa shape index (κ2) is 10.1. The van der Waals surface area contributed by atoms with Crippen LogP contribution in [0.3, 0.4) is 0 Å². The summed E-state index contributed by atoms with van der Waals surface area (Å²) in [5.74, 6) is 3.44. The maximum Gasteiger partial charge on any atom is 0.191 e. The van der Waals surface area contributed by atoms with E-state index < -0.39 is 0 Å². The minimum atomic E-state index is 0. The Morgan fingerprint density at radius 1 is 1.30 bits per heavy atom. The molecule has 6 nitrogen and oxygen atoms in total. The lowest BCUT2D eigenvalue weighted by atomic mass is 9.84. The molecular weight excluding hydrogens is 451 g/mol. The summed E-state index contributed by atoms with van der Waals surface area (Å²) in [5, 5.41) is 11.8. The van der Waals surface area contributed by atoms with Gasteiger partial charge in [0.25, 0.3) is 0 Å². The molecule has 1 aromatic heterocycles. The second-order valence-corrected chi connectivity index (χ2v) is 8.36. The van der Waals surface area contributed by atoms with Crippen LogP contribution < -0.4 is 10.6 Å². The third kappa shape index (κ3) is 5.57. The Kier molecular flexibility index (Phi) is 8.37. The zero-order chi connectivity index (χ0) is 18.6. The van der Waals surface area contributed by atoms with Crippen molar-refractivity contribution < 1.29 is 0 Å². The molecule has 0 amide bonds. The van der Waals surface area contributed by atoms with E-state index in [9.17, 15) is 0 Å². The monoisotopic (exact) mass is 488 g/mol. The van der Waals surface area contributed by atoms with Crippen LogP contribution in [0, 0.1) is 5.41 Å². The standard InChI is InChI=1S/C20H36N6.HI/c1-5-20(11-7-8-12-20)14-22-19(21-6-2)23-16-9-10-17-24-18(15(3)4)25-26(17)13-16;/h15-16H,5-14H2,1-4H3,(H2,21,22,23);1H. The number of hydrogen-bond acceptors (Lipinski definition) is 3. The van der Waals surface area contributed by atoms with E-state index in [2.05, 4.69) is 48.0 Å². The molecule has 0 bridgehead atoms. The number of halogens is 1. The fourth-order valence-electron chi connectivity index (χ4n) is 4.20. The van der Waals surface area contributed by atoms with E-state index in [0.29, 0.717) is 17.4 Å². The molecule has 2 heterocycles. The molecule has 1 aliphatic heterocycles. The molecule has 7 heteroatoms. The van der Waals surface area contributed by atoms with Gasteiger partial charge in [-0.25, -0.2) is 9.67 Å². The molecule has 1 fully saturated rings. The summed E-state index contributed by atoms with van der Waals surface area (Å²) >= 11 is 0. The van der Waals surface area contributed by atoms with Gasteiger partial charge in [-0.15, -0.1) is 24.0 Å². The van der Waals surface area contributed by atoms with Gasteiger partial charge in [-0.1, -0.05) is 33.6 Å². The SMILES string of the molecule is CCNC(=NCC1(CC)CCCC1)NC1CCc2nc(C(C)C)nn2C1.I. The van der Waals surface area contributed by atoms with E-state index in [1.54, 1.807) is 0 Å². The lowest BCUT2D eigenvalue weighted by Crippen LogP contribution is -2.47. The molecule has 1 aromatic rings. The van der Waals surface area contributed by atoms with Crippen LogP contribution in [0.4, 0.5) is 0 Å². The molecular formula is C20H37IN6. The highest BCUT2D eigenvalue weighted by Gasteiger charge is 2.32. The van der Waals surface area contributed by atoms with Crippen LogP contribution in [0.1, 0.15) is 83.8 Å². The van der Waals surface area contributed by atoms with Gasteiger partial charge in [0.1, 0.15) is 5.82 Å². The number of nitrogens with one attached hydrogen (secondary N) is 2. The van der Waals surface area contributed by atoms with E-state index in [4.69, 9.17) is 10.1 Å². The lowest BCUT2D eigenvalue weighted by Gasteiger charge is -2.28. The zero-order valence-electron chi connectivity index (χ0n) is 17.4. The van der Waals surface area contributed by atoms with Crippen molar-refractivity contribution in [1.29, 1.82) is 0 Å². The van der Waals surface area contributed by atoms with Gasteiger partial charge < -0.3 is 10.6 Å². The summed E-state index contributed by atoms with van der Waals surface area (Å²) in [4.78, 5) is 9.66. The lowest BCUT2D eigenvalue weighted by molar-refractivity contribution is 0.296. The molecule has 154 valence electrons. The quantitative estimate of drug-likeness (QED) is 0.363. The minimum absolute atomic E-state index is 0. The van der Waals surface area contributed by atoms with Crippen LogP contribution in [0.5, 0.6) is 0 Å². The third-order valence-corrected chi connectivity index (χ3v) is 6.06. The normalized spacial score (nSPS) is 21.7. The maximum atomic E-state index is 4.97. The summed E-state index contributed by atoms with van der Waals surface area (Å²) in [5.41, 5.74) is 0.431. The molecule has 2 aliphatic rings. The molecule has 27 heavy (non-hydrogen) atoms. The van der Waals surface area contributed by atoms with Crippen LogP contribution >= 0.6 is 24.0 Å². The first-order chi connectivity index (χ1) is 12.5. The van der Waals surface area contributed by atoms with E-state index >= 15 is 0 Å². The highest BCUT2D eigenvalue weighted by Crippen LogP contribution is 2.41. The van der Waals surface area contributed by atoms with Gasteiger partial charge in [0, 0.05) is 31.5 Å². The van der Waals surface area contributed by atoms with Gasteiger partial charge in [0.15, 0.2) is 11.8 Å². The molecule has 2 N–H and O–H groups in total. The first-order valence-corrected chi connectivity index (χ1v) is 10.5. The Labute approximate surface area is 181 Å². The molecule has 0 radical (unpaired) electrons. The second-order valence-electron chi connectivity index (χ2n) is 8.36. The first kappa shape index (κ1) is 22.4. The first-order valence-electron chi connectivity index (χ1n) is 10.5. The Bertz CT molecular complexity index is 618. The maximum absolute atomic E-state index is 4.97. The number of nitrogens with zero attached hydrogens (tertiary/aromatic N) is 4. The molecule has 0 saturated heterocycles. The largest absolute Gasteiger partial charge is 0.357 e. The highest BCUT2D eigenvalue weighted by atomic mass is 127. The molecule has 0 spiro atoms. The summed E-state index contributed by atoms with van der Waals surface area (Å²) in [6, 6.07) is 0.364. The number of hydrogen-bond donors (Lipinski definition) is 2. The van der Waals surface area contributed by atoms with Crippen LogP contribution in [-0.2, 0) is 13.0 Å². The van der Waals surface area contributed by atoms with Crippen molar-refractivity contribution in [2.45, 2.75) is 91.1 Å². The average Bonchev–Trinajstić information content (AvgIpc) is 3.27. The van der Waals surface area contributed by atoms with E-state index in [1.807, 2.05) is 0 Å². The number of fused-ring (bicyclic) bond motifs is 1. The van der Waals surface area contributed by atoms with Crippen molar-refractivity contribution in [3.8, 4) is 0 Å². The van der Waals surface area contributed by atoms with Gasteiger partial charge in [0.05, 0.1) is 6.54 Å². The third-order valence-electron chi connectivity index (χ3n) is 6.06. The van der Waals surface area contributed by atoms with Crippen molar-refractivity contribution >= 4 is 29.9 Å². The van der Waals surface area contributed by atoms with Gasteiger partial charge in [0.2, 0.25) is 0 Å². The van der Waals surface area contributed by atoms with E-state index in [-0.39, 0.29) is 24.0 Å². The number of rotatable bonds is 6. The topological polar surface area (TPSA) is 67.1 Å². The van der Waals surface area contributed by atoms with Gasteiger partial charge in [-0.05, 0) is 38.0 Å². The van der Waals surface area contributed by atoms with E-state index in [0.717, 1.165) is 50.1 Å². The Hall–Kier alpha value is -0.860. The molecule has 3 rings (SSSR count). The fraction of sp³-hybridized carbons (Fsp3) is 0.850. The van der Waals surface area contributed by atoms with Gasteiger partial charge in [-0.3, -0.25) is 4.99 Å². The highest BCUT2D eigenvalue weighted by molar-refractivity contribution is 14.0. The van der Waals surface area contributed by atoms with Gasteiger partial charge >= 0.3 is 0 Å². The molecule has 1 aliphatic carbocycles. The van der Waals surface area contributed by atoms with Crippen molar-refractivity contribution in [1.82, 2.24) is 25.4 Å². The minimum Gasteiger partial charge on any atom is -0.357 e. The smallest absolute Gasteiger partial charge is 0.191 e. The van der Waals surface area contributed by atoms with E-state index in [1.165, 1.54) is 32.1 Å². The molecule has 1 unspecified atom stereocenters. The molecule has 1 saturated carbocycles. The van der Waals surface area contributed by atoms with Crippen LogP contribution in [-0.4, -0.2) is 39.9 Å².